The fourth-order valence-corrected chi connectivity index (χ4v) is 4.46. The van der Waals surface area contributed by atoms with Crippen LogP contribution in [0.3, 0.4) is 0 Å². The van der Waals surface area contributed by atoms with Crippen LogP contribution >= 0.6 is 24.8 Å². The van der Waals surface area contributed by atoms with E-state index in [0.717, 1.165) is 61.9 Å². The number of hydrogen-bond acceptors (Lipinski definition) is 6. The number of aromatic nitrogens is 4. The van der Waals surface area contributed by atoms with Crippen molar-refractivity contribution in [2.75, 3.05) is 44.2 Å². The van der Waals surface area contributed by atoms with Crippen LogP contribution in [-0.4, -0.2) is 69.8 Å². The molecule has 0 radical (unpaired) electrons. The number of fused-ring (bicyclic) bond motifs is 1. The Balaban J connectivity index is 0.00000160. The summed E-state index contributed by atoms with van der Waals surface area (Å²) in [6.45, 7) is 9.41. The number of anilines is 1. The number of piperazine rings is 1. The van der Waals surface area contributed by atoms with E-state index in [1.54, 1.807) is 4.68 Å². The van der Waals surface area contributed by atoms with Crippen molar-refractivity contribution in [2.45, 2.75) is 33.1 Å². The van der Waals surface area contributed by atoms with E-state index in [-0.39, 0.29) is 24.8 Å². The zero-order chi connectivity index (χ0) is 19.7. The number of nitrogens with one attached hydrogen (secondary N) is 1. The molecule has 10 heteroatoms. The predicted molar refractivity (Wildman–Crippen MR) is 124 cm³/mol. The number of hydrogen-bond donors (Lipinski definition) is 1. The Morgan fingerprint density at radius 2 is 1.97 bits per heavy atom. The average Bonchev–Trinajstić information content (AvgIpc) is 3.09. The third-order valence-corrected chi connectivity index (χ3v) is 6.25. The van der Waals surface area contributed by atoms with Crippen LogP contribution < -0.4 is 10.2 Å². The van der Waals surface area contributed by atoms with Gasteiger partial charge in [0, 0.05) is 39.6 Å². The maximum atomic E-state index is 12.8. The van der Waals surface area contributed by atoms with E-state index in [4.69, 9.17) is 0 Å². The molecule has 4 rings (SSSR count). The van der Waals surface area contributed by atoms with E-state index in [1.165, 1.54) is 12.8 Å². The molecule has 2 aliphatic heterocycles. The topological polar surface area (TPSA) is 79.2 Å². The van der Waals surface area contributed by atoms with Crippen LogP contribution in [-0.2, 0) is 11.8 Å². The third-order valence-electron chi connectivity index (χ3n) is 6.25. The molecule has 0 saturated carbocycles. The van der Waals surface area contributed by atoms with Crippen LogP contribution in [0.4, 0.5) is 5.82 Å². The first-order valence-electron chi connectivity index (χ1n) is 10.4. The lowest BCUT2D eigenvalue weighted by Crippen LogP contribution is -2.49. The second-order valence-corrected chi connectivity index (χ2v) is 8.26. The van der Waals surface area contributed by atoms with Crippen molar-refractivity contribution in [2.24, 2.45) is 18.9 Å². The fraction of sp³-hybridized carbons (Fsp3) is 0.700. The van der Waals surface area contributed by atoms with E-state index in [9.17, 15) is 4.79 Å². The van der Waals surface area contributed by atoms with Gasteiger partial charge < -0.3 is 15.1 Å². The average molecular weight is 458 g/mol. The first-order chi connectivity index (χ1) is 13.5. The standard InChI is InChI=1S/C20H31N7O.2ClH/c1-14(16-5-4-6-21-12-16)11-18(28)26-7-9-27(10-8-26)20-17-13-22-25(3)19(17)23-15(2)24-20;;/h13-14,16,21H,4-12H2,1-3H3;2*1H. The van der Waals surface area contributed by atoms with Gasteiger partial charge in [-0.15, -0.1) is 24.8 Å². The molecule has 0 bridgehead atoms. The number of rotatable bonds is 4. The molecule has 0 spiro atoms. The summed E-state index contributed by atoms with van der Waals surface area (Å²) in [4.78, 5) is 26.3. The number of nitrogens with zero attached hydrogens (tertiary/aromatic N) is 6. The van der Waals surface area contributed by atoms with Crippen LogP contribution in [0, 0.1) is 18.8 Å². The maximum Gasteiger partial charge on any atom is 0.222 e. The molecule has 30 heavy (non-hydrogen) atoms. The Labute approximate surface area is 190 Å². The molecule has 2 fully saturated rings. The predicted octanol–water partition coefficient (Wildman–Crippen LogP) is 2.19. The van der Waals surface area contributed by atoms with Gasteiger partial charge in [0.1, 0.15) is 11.6 Å². The normalized spacial score (nSPS) is 20.4. The van der Waals surface area contributed by atoms with Crippen LogP contribution in [0.1, 0.15) is 32.0 Å². The molecule has 2 aliphatic rings. The van der Waals surface area contributed by atoms with Gasteiger partial charge in [-0.1, -0.05) is 6.92 Å². The first-order valence-corrected chi connectivity index (χ1v) is 10.4. The zero-order valence-corrected chi connectivity index (χ0v) is 19.6. The number of piperidine rings is 1. The molecule has 0 aromatic carbocycles. The quantitative estimate of drug-likeness (QED) is 0.757. The summed E-state index contributed by atoms with van der Waals surface area (Å²) in [7, 11) is 1.90. The van der Waals surface area contributed by atoms with Gasteiger partial charge >= 0.3 is 0 Å². The minimum atomic E-state index is 0. The van der Waals surface area contributed by atoms with Gasteiger partial charge in [0.15, 0.2) is 5.65 Å². The number of aryl methyl sites for hydroxylation is 2. The Hall–Kier alpha value is -1.64. The minimum absolute atomic E-state index is 0. The SMILES string of the molecule is Cc1nc(N2CCN(C(=O)CC(C)C3CCCNC3)CC2)c2cnn(C)c2n1.Cl.Cl. The van der Waals surface area contributed by atoms with Gasteiger partial charge in [-0.3, -0.25) is 9.48 Å². The summed E-state index contributed by atoms with van der Waals surface area (Å²) in [6, 6.07) is 0. The van der Waals surface area contributed by atoms with Crippen molar-refractivity contribution < 1.29 is 4.79 Å². The highest BCUT2D eigenvalue weighted by Crippen LogP contribution is 2.26. The molecule has 1 amide bonds. The van der Waals surface area contributed by atoms with Crippen LogP contribution in [0.25, 0.3) is 11.0 Å². The molecule has 2 aromatic heterocycles. The monoisotopic (exact) mass is 457 g/mol. The van der Waals surface area contributed by atoms with Crippen molar-refractivity contribution in [3.05, 3.63) is 12.0 Å². The largest absolute Gasteiger partial charge is 0.352 e. The van der Waals surface area contributed by atoms with Gasteiger partial charge in [0.25, 0.3) is 0 Å². The molecule has 8 nitrogen and oxygen atoms in total. The summed E-state index contributed by atoms with van der Waals surface area (Å²) in [5, 5.41) is 8.77. The Morgan fingerprint density at radius 1 is 1.23 bits per heavy atom. The molecule has 4 heterocycles. The number of amides is 1. The Bertz CT molecular complexity index is 845. The molecule has 168 valence electrons. The highest BCUT2D eigenvalue weighted by molar-refractivity contribution is 5.87. The Kier molecular flexibility index (Phi) is 8.70. The maximum absolute atomic E-state index is 12.8. The van der Waals surface area contributed by atoms with Gasteiger partial charge in [-0.2, -0.15) is 5.10 Å². The lowest BCUT2D eigenvalue weighted by Gasteiger charge is -2.37. The van der Waals surface area contributed by atoms with Crippen molar-refractivity contribution in [3.63, 3.8) is 0 Å². The lowest BCUT2D eigenvalue weighted by atomic mass is 9.85. The summed E-state index contributed by atoms with van der Waals surface area (Å²) in [5.41, 5.74) is 0.857. The summed E-state index contributed by atoms with van der Waals surface area (Å²) in [6.07, 6.45) is 4.96. The van der Waals surface area contributed by atoms with Crippen molar-refractivity contribution >= 4 is 47.6 Å². The second-order valence-electron chi connectivity index (χ2n) is 8.26. The van der Waals surface area contributed by atoms with Gasteiger partial charge in [0.05, 0.1) is 11.6 Å². The molecule has 2 atom stereocenters. The van der Waals surface area contributed by atoms with Gasteiger partial charge in [-0.05, 0) is 44.7 Å². The van der Waals surface area contributed by atoms with Crippen molar-refractivity contribution in [1.29, 1.82) is 0 Å². The van der Waals surface area contributed by atoms with E-state index < -0.39 is 0 Å². The van der Waals surface area contributed by atoms with Crippen molar-refractivity contribution in [3.8, 4) is 0 Å². The molecule has 2 saturated heterocycles. The number of carbonyl (C=O) groups excluding carboxylic acids is 1. The van der Waals surface area contributed by atoms with Crippen LogP contribution in [0.15, 0.2) is 6.20 Å². The molecule has 0 aliphatic carbocycles. The summed E-state index contributed by atoms with van der Waals surface area (Å²) < 4.78 is 1.79. The molecule has 1 N–H and O–H groups in total. The minimum Gasteiger partial charge on any atom is -0.352 e. The second kappa shape index (κ2) is 10.6. The van der Waals surface area contributed by atoms with Gasteiger partial charge in [-0.25, -0.2) is 9.97 Å². The fourth-order valence-electron chi connectivity index (χ4n) is 4.46. The van der Waals surface area contributed by atoms with E-state index in [2.05, 4.69) is 32.2 Å². The summed E-state index contributed by atoms with van der Waals surface area (Å²) in [5.74, 6) is 3.05. The smallest absolute Gasteiger partial charge is 0.222 e. The summed E-state index contributed by atoms with van der Waals surface area (Å²) >= 11 is 0. The first kappa shape index (κ1) is 24.6. The molecule has 2 unspecified atom stereocenters. The zero-order valence-electron chi connectivity index (χ0n) is 18.0. The van der Waals surface area contributed by atoms with Crippen molar-refractivity contribution in [1.82, 2.24) is 30.0 Å². The van der Waals surface area contributed by atoms with E-state index in [0.29, 0.717) is 24.2 Å². The number of carbonyl (C=O) groups is 1. The highest BCUT2D eigenvalue weighted by Gasteiger charge is 2.27. The molecule has 2 aromatic rings. The van der Waals surface area contributed by atoms with E-state index in [1.807, 2.05) is 25.1 Å². The van der Waals surface area contributed by atoms with Crippen LogP contribution in [0.5, 0.6) is 0 Å². The van der Waals surface area contributed by atoms with Gasteiger partial charge in [0.2, 0.25) is 5.91 Å². The molecular weight excluding hydrogens is 425 g/mol. The Morgan fingerprint density at radius 3 is 2.63 bits per heavy atom. The number of halogens is 2. The highest BCUT2D eigenvalue weighted by atomic mass is 35.5. The third kappa shape index (κ3) is 5.15. The van der Waals surface area contributed by atoms with E-state index >= 15 is 0 Å². The van der Waals surface area contributed by atoms with Crippen LogP contribution in [0.2, 0.25) is 0 Å². The lowest BCUT2D eigenvalue weighted by molar-refractivity contribution is -0.132. The molecular formula is C20H33Cl2N7O.